The van der Waals surface area contributed by atoms with E-state index in [1.165, 1.54) is 25.0 Å². The molecule has 1 N–H and O–H groups in total. The normalized spacial score (nSPS) is 24.7. The molecule has 102 valence electrons. The Bertz CT molecular complexity index is 516. The van der Waals surface area contributed by atoms with Crippen LogP contribution in [-0.2, 0) is 7.05 Å². The number of nitrogens with zero attached hydrogens (tertiary/aromatic N) is 4. The van der Waals surface area contributed by atoms with E-state index in [0.29, 0.717) is 18.1 Å². The maximum absolute atomic E-state index is 4.24. The molecular formula is C14H21N5. The minimum absolute atomic E-state index is 0.321. The van der Waals surface area contributed by atoms with Crippen molar-refractivity contribution in [2.24, 2.45) is 7.05 Å². The molecule has 0 spiro atoms. The lowest BCUT2D eigenvalue weighted by Crippen LogP contribution is -2.36. The van der Waals surface area contributed by atoms with Gasteiger partial charge in [-0.1, -0.05) is 0 Å². The molecule has 19 heavy (non-hydrogen) atoms. The quantitative estimate of drug-likeness (QED) is 0.914. The van der Waals surface area contributed by atoms with Crippen molar-refractivity contribution >= 4 is 0 Å². The van der Waals surface area contributed by atoms with Gasteiger partial charge in [0.15, 0.2) is 0 Å². The number of imidazole rings is 1. The molecule has 0 aliphatic heterocycles. The second-order valence-corrected chi connectivity index (χ2v) is 5.38. The van der Waals surface area contributed by atoms with Gasteiger partial charge in [-0.15, -0.1) is 0 Å². The first kappa shape index (κ1) is 12.4. The van der Waals surface area contributed by atoms with E-state index in [2.05, 4.69) is 39.2 Å². The van der Waals surface area contributed by atoms with Crippen molar-refractivity contribution in [2.75, 3.05) is 0 Å². The van der Waals surface area contributed by atoms with E-state index < -0.39 is 0 Å². The minimum atomic E-state index is 0.321. The van der Waals surface area contributed by atoms with Gasteiger partial charge >= 0.3 is 0 Å². The van der Waals surface area contributed by atoms with E-state index in [4.69, 9.17) is 0 Å². The van der Waals surface area contributed by atoms with Crippen molar-refractivity contribution in [1.29, 1.82) is 0 Å². The molecule has 3 rings (SSSR count). The molecule has 2 aromatic rings. The SMILES string of the molecule is CC(NC1CCCC1n1ccnc1)c1ccnn1C. The zero-order valence-corrected chi connectivity index (χ0v) is 11.5. The van der Waals surface area contributed by atoms with Gasteiger partial charge < -0.3 is 9.88 Å². The number of aromatic nitrogens is 4. The molecule has 0 bridgehead atoms. The van der Waals surface area contributed by atoms with Gasteiger partial charge in [-0.25, -0.2) is 4.98 Å². The van der Waals surface area contributed by atoms with Gasteiger partial charge in [0.05, 0.1) is 12.0 Å². The smallest absolute Gasteiger partial charge is 0.0949 e. The van der Waals surface area contributed by atoms with E-state index in [1.807, 2.05) is 30.5 Å². The standard InChI is InChI=1S/C14H21N5/c1-11(13-6-7-16-18(13)2)17-12-4-3-5-14(12)19-9-8-15-10-19/h6-12,14,17H,3-5H2,1-2H3. The first-order chi connectivity index (χ1) is 9.25. The molecule has 1 aliphatic carbocycles. The third-order valence-electron chi connectivity index (χ3n) is 4.15. The number of nitrogens with one attached hydrogen (secondary N) is 1. The van der Waals surface area contributed by atoms with Crippen LogP contribution in [0.1, 0.15) is 44.0 Å². The second kappa shape index (κ2) is 5.17. The molecule has 5 heteroatoms. The summed E-state index contributed by atoms with van der Waals surface area (Å²) in [4.78, 5) is 4.17. The van der Waals surface area contributed by atoms with E-state index in [0.717, 1.165) is 0 Å². The lowest BCUT2D eigenvalue weighted by molar-refractivity contribution is 0.355. The van der Waals surface area contributed by atoms with Crippen molar-refractivity contribution in [3.8, 4) is 0 Å². The average molecular weight is 259 g/mol. The first-order valence-corrected chi connectivity index (χ1v) is 6.97. The fraction of sp³-hybridized carbons (Fsp3) is 0.571. The number of hydrogen-bond donors (Lipinski definition) is 1. The molecule has 0 amide bonds. The topological polar surface area (TPSA) is 47.7 Å². The Hall–Kier alpha value is -1.62. The Morgan fingerprint density at radius 1 is 1.37 bits per heavy atom. The van der Waals surface area contributed by atoms with Crippen molar-refractivity contribution in [2.45, 2.75) is 44.3 Å². The number of rotatable bonds is 4. The lowest BCUT2D eigenvalue weighted by atomic mass is 10.1. The van der Waals surface area contributed by atoms with Crippen LogP contribution in [0.25, 0.3) is 0 Å². The molecule has 1 aliphatic rings. The summed E-state index contributed by atoms with van der Waals surface area (Å²) in [6.45, 7) is 2.21. The molecule has 0 radical (unpaired) electrons. The molecule has 2 aromatic heterocycles. The summed E-state index contributed by atoms with van der Waals surface area (Å²) in [7, 11) is 2.00. The Labute approximate surface area is 113 Å². The van der Waals surface area contributed by atoms with Crippen LogP contribution in [0.5, 0.6) is 0 Å². The van der Waals surface area contributed by atoms with Gasteiger partial charge in [0.25, 0.3) is 0 Å². The van der Waals surface area contributed by atoms with Crippen LogP contribution in [0.2, 0.25) is 0 Å². The highest BCUT2D eigenvalue weighted by molar-refractivity contribution is 5.06. The Balaban J connectivity index is 1.71. The van der Waals surface area contributed by atoms with Crippen LogP contribution in [0.3, 0.4) is 0 Å². The predicted octanol–water partition coefficient (Wildman–Crippen LogP) is 2.06. The third-order valence-corrected chi connectivity index (χ3v) is 4.15. The van der Waals surface area contributed by atoms with Crippen LogP contribution >= 0.6 is 0 Å². The van der Waals surface area contributed by atoms with Crippen LogP contribution in [0.15, 0.2) is 31.0 Å². The molecule has 0 saturated heterocycles. The first-order valence-electron chi connectivity index (χ1n) is 6.97. The van der Waals surface area contributed by atoms with Crippen molar-refractivity contribution in [1.82, 2.24) is 24.6 Å². The van der Waals surface area contributed by atoms with Gasteiger partial charge in [0.2, 0.25) is 0 Å². The highest BCUT2D eigenvalue weighted by Gasteiger charge is 2.29. The fourth-order valence-electron chi connectivity index (χ4n) is 3.17. The molecule has 1 saturated carbocycles. The zero-order chi connectivity index (χ0) is 13.2. The summed E-state index contributed by atoms with van der Waals surface area (Å²) in [5.41, 5.74) is 1.23. The molecule has 1 fully saturated rings. The molecule has 3 unspecified atom stereocenters. The van der Waals surface area contributed by atoms with Gasteiger partial charge in [-0.2, -0.15) is 5.10 Å². The third kappa shape index (κ3) is 2.42. The number of aryl methyl sites for hydroxylation is 1. The largest absolute Gasteiger partial charge is 0.333 e. The molecule has 2 heterocycles. The highest BCUT2D eigenvalue weighted by atomic mass is 15.3. The predicted molar refractivity (Wildman–Crippen MR) is 73.7 cm³/mol. The highest BCUT2D eigenvalue weighted by Crippen LogP contribution is 2.31. The Morgan fingerprint density at radius 3 is 2.95 bits per heavy atom. The van der Waals surface area contributed by atoms with E-state index >= 15 is 0 Å². The van der Waals surface area contributed by atoms with Crippen LogP contribution in [0, 0.1) is 0 Å². The summed E-state index contributed by atoms with van der Waals surface area (Å²) in [6.07, 6.45) is 11.4. The second-order valence-electron chi connectivity index (χ2n) is 5.38. The molecule has 0 aromatic carbocycles. The summed E-state index contributed by atoms with van der Waals surface area (Å²) >= 11 is 0. The van der Waals surface area contributed by atoms with Gasteiger partial charge in [-0.3, -0.25) is 4.68 Å². The van der Waals surface area contributed by atoms with Gasteiger partial charge in [0.1, 0.15) is 0 Å². The van der Waals surface area contributed by atoms with Gasteiger partial charge in [0, 0.05) is 43.8 Å². The minimum Gasteiger partial charge on any atom is -0.333 e. The average Bonchev–Trinajstić information content (AvgIpc) is 3.07. The number of hydrogen-bond acceptors (Lipinski definition) is 3. The van der Waals surface area contributed by atoms with Gasteiger partial charge in [-0.05, 0) is 32.3 Å². The molecule has 5 nitrogen and oxygen atoms in total. The zero-order valence-electron chi connectivity index (χ0n) is 11.5. The van der Waals surface area contributed by atoms with E-state index in [1.54, 1.807) is 0 Å². The lowest BCUT2D eigenvalue weighted by Gasteiger charge is -2.26. The van der Waals surface area contributed by atoms with E-state index in [-0.39, 0.29) is 0 Å². The monoisotopic (exact) mass is 259 g/mol. The van der Waals surface area contributed by atoms with E-state index in [9.17, 15) is 0 Å². The molecular weight excluding hydrogens is 238 g/mol. The Morgan fingerprint density at radius 2 is 2.26 bits per heavy atom. The fourth-order valence-corrected chi connectivity index (χ4v) is 3.17. The van der Waals surface area contributed by atoms with Crippen LogP contribution in [-0.4, -0.2) is 25.4 Å². The van der Waals surface area contributed by atoms with Crippen LogP contribution in [0.4, 0.5) is 0 Å². The molecule has 3 atom stereocenters. The van der Waals surface area contributed by atoms with Crippen molar-refractivity contribution in [3.63, 3.8) is 0 Å². The Kier molecular flexibility index (Phi) is 3.38. The summed E-state index contributed by atoms with van der Waals surface area (Å²) in [5.74, 6) is 0. The van der Waals surface area contributed by atoms with Crippen LogP contribution < -0.4 is 5.32 Å². The summed E-state index contributed by atoms with van der Waals surface area (Å²) in [6, 6.07) is 3.44. The summed E-state index contributed by atoms with van der Waals surface area (Å²) in [5, 5.41) is 7.99. The summed E-state index contributed by atoms with van der Waals surface area (Å²) < 4.78 is 4.18. The van der Waals surface area contributed by atoms with Crippen molar-refractivity contribution < 1.29 is 0 Å². The maximum Gasteiger partial charge on any atom is 0.0949 e. The van der Waals surface area contributed by atoms with Crippen molar-refractivity contribution in [3.05, 3.63) is 36.7 Å². The maximum atomic E-state index is 4.24.